The Hall–Kier alpha value is -0.200. The second-order valence-electron chi connectivity index (χ2n) is 3.47. The van der Waals surface area contributed by atoms with E-state index in [1.54, 1.807) is 0 Å². The number of aliphatic hydroxyl groups excluding tert-OH is 3. The molecule has 0 aliphatic carbocycles. The Kier molecular flexibility index (Phi) is 4.77. The first-order valence-electron chi connectivity index (χ1n) is 4.94. The van der Waals surface area contributed by atoms with Gasteiger partial charge in [-0.3, -0.25) is 0 Å². The van der Waals surface area contributed by atoms with Gasteiger partial charge in [-0.05, 0) is 6.42 Å². The number of unbranched alkanes of at least 4 members (excludes halogenated alkanes) is 1. The molecule has 3 N–H and O–H groups in total. The average molecular weight is 206 g/mol. The van der Waals surface area contributed by atoms with E-state index >= 15 is 0 Å². The smallest absolute Gasteiger partial charge is 0.186 e. The van der Waals surface area contributed by atoms with E-state index in [4.69, 9.17) is 14.6 Å². The van der Waals surface area contributed by atoms with E-state index in [0.717, 1.165) is 12.8 Å². The first kappa shape index (κ1) is 11.9. The molecule has 5 heteroatoms. The zero-order valence-corrected chi connectivity index (χ0v) is 8.30. The molecule has 0 aromatic heterocycles. The predicted octanol–water partition coefficient (Wildman–Crippen LogP) is -0.758. The number of hydrogen-bond acceptors (Lipinski definition) is 5. The van der Waals surface area contributed by atoms with E-state index < -0.39 is 24.6 Å². The fraction of sp³-hybridized carbons (Fsp3) is 1.00. The summed E-state index contributed by atoms with van der Waals surface area (Å²) in [6.07, 6.45) is -2.33. The number of hydrogen-bond donors (Lipinski definition) is 3. The van der Waals surface area contributed by atoms with Gasteiger partial charge in [-0.25, -0.2) is 0 Å². The van der Waals surface area contributed by atoms with Gasteiger partial charge in [0, 0.05) is 6.61 Å². The summed E-state index contributed by atoms with van der Waals surface area (Å²) < 4.78 is 10.2. The Labute approximate surface area is 83.3 Å². The first-order valence-corrected chi connectivity index (χ1v) is 4.94. The molecule has 0 aromatic carbocycles. The Balaban J connectivity index is 2.31. The summed E-state index contributed by atoms with van der Waals surface area (Å²) in [7, 11) is 0. The molecule has 5 nitrogen and oxygen atoms in total. The van der Waals surface area contributed by atoms with Crippen LogP contribution in [0.2, 0.25) is 0 Å². The lowest BCUT2D eigenvalue weighted by molar-refractivity contribution is -0.269. The van der Waals surface area contributed by atoms with Crippen LogP contribution in [0.1, 0.15) is 19.8 Å². The third-order valence-electron chi connectivity index (χ3n) is 2.23. The molecule has 1 saturated heterocycles. The van der Waals surface area contributed by atoms with E-state index in [9.17, 15) is 10.2 Å². The van der Waals surface area contributed by atoms with Crippen molar-refractivity contribution in [2.75, 3.05) is 13.2 Å². The van der Waals surface area contributed by atoms with Gasteiger partial charge in [0.25, 0.3) is 0 Å². The lowest BCUT2D eigenvalue weighted by atomic mass is 10.1. The molecular weight excluding hydrogens is 188 g/mol. The standard InChI is InChI=1S/C9H18O5/c1-2-3-4-13-9-8(12)7(11)6(10)5-14-9/h6-12H,2-5H2,1H3/t6-,7+,8?,9-/m1/s1. The maximum Gasteiger partial charge on any atom is 0.186 e. The van der Waals surface area contributed by atoms with E-state index in [1.165, 1.54) is 0 Å². The van der Waals surface area contributed by atoms with Crippen molar-refractivity contribution < 1.29 is 24.8 Å². The van der Waals surface area contributed by atoms with Gasteiger partial charge in [0.05, 0.1) is 6.61 Å². The maximum atomic E-state index is 9.45. The number of ether oxygens (including phenoxy) is 2. The normalized spacial score (nSPS) is 38.6. The quantitative estimate of drug-likeness (QED) is 0.527. The van der Waals surface area contributed by atoms with Crippen molar-refractivity contribution in [1.29, 1.82) is 0 Å². The van der Waals surface area contributed by atoms with E-state index in [0.29, 0.717) is 6.61 Å². The summed E-state index contributed by atoms with van der Waals surface area (Å²) >= 11 is 0. The summed E-state index contributed by atoms with van der Waals surface area (Å²) in [6, 6.07) is 0. The first-order chi connectivity index (χ1) is 6.66. The highest BCUT2D eigenvalue weighted by molar-refractivity contribution is 4.82. The number of aliphatic hydroxyl groups is 3. The van der Waals surface area contributed by atoms with E-state index in [1.807, 2.05) is 6.92 Å². The van der Waals surface area contributed by atoms with Crippen LogP contribution >= 0.6 is 0 Å². The van der Waals surface area contributed by atoms with Gasteiger partial charge in [-0.15, -0.1) is 0 Å². The van der Waals surface area contributed by atoms with Crippen LogP contribution in [-0.2, 0) is 9.47 Å². The van der Waals surface area contributed by atoms with Crippen molar-refractivity contribution in [3.63, 3.8) is 0 Å². The molecular formula is C9H18O5. The highest BCUT2D eigenvalue weighted by atomic mass is 16.7. The van der Waals surface area contributed by atoms with Crippen molar-refractivity contribution in [3.8, 4) is 0 Å². The summed E-state index contributed by atoms with van der Waals surface area (Å²) in [5, 5.41) is 27.9. The van der Waals surface area contributed by atoms with Crippen molar-refractivity contribution in [2.24, 2.45) is 0 Å². The molecule has 1 unspecified atom stereocenters. The van der Waals surface area contributed by atoms with Gasteiger partial charge in [-0.1, -0.05) is 13.3 Å². The van der Waals surface area contributed by atoms with Crippen LogP contribution in [0.5, 0.6) is 0 Å². The third kappa shape index (κ3) is 2.90. The summed E-state index contributed by atoms with van der Waals surface area (Å²) in [5.74, 6) is 0. The van der Waals surface area contributed by atoms with Crippen LogP contribution in [0.15, 0.2) is 0 Å². The minimum Gasteiger partial charge on any atom is -0.388 e. The zero-order valence-electron chi connectivity index (χ0n) is 8.30. The molecule has 1 heterocycles. The zero-order chi connectivity index (χ0) is 10.6. The van der Waals surface area contributed by atoms with Gasteiger partial charge < -0.3 is 24.8 Å². The molecule has 1 aliphatic heterocycles. The Morgan fingerprint density at radius 1 is 1.29 bits per heavy atom. The van der Waals surface area contributed by atoms with Crippen LogP contribution in [0.25, 0.3) is 0 Å². The Bertz CT molecular complexity index is 163. The number of rotatable bonds is 4. The highest BCUT2D eigenvalue weighted by Crippen LogP contribution is 2.16. The largest absolute Gasteiger partial charge is 0.388 e. The van der Waals surface area contributed by atoms with Gasteiger partial charge in [0.1, 0.15) is 18.3 Å². The topological polar surface area (TPSA) is 79.2 Å². The average Bonchev–Trinajstić information content (AvgIpc) is 2.18. The minimum absolute atomic E-state index is 0.00494. The summed E-state index contributed by atoms with van der Waals surface area (Å²) in [6.45, 7) is 2.51. The van der Waals surface area contributed by atoms with Crippen LogP contribution in [-0.4, -0.2) is 53.1 Å². The fourth-order valence-corrected chi connectivity index (χ4v) is 1.27. The highest BCUT2D eigenvalue weighted by Gasteiger charge is 2.37. The lowest BCUT2D eigenvalue weighted by Crippen LogP contribution is -2.53. The van der Waals surface area contributed by atoms with Gasteiger partial charge in [0.15, 0.2) is 6.29 Å². The molecule has 0 aromatic rings. The molecule has 0 amide bonds. The molecule has 4 atom stereocenters. The summed E-state index contributed by atoms with van der Waals surface area (Å²) in [5.41, 5.74) is 0. The molecule has 0 spiro atoms. The van der Waals surface area contributed by atoms with E-state index in [-0.39, 0.29) is 6.61 Å². The van der Waals surface area contributed by atoms with Gasteiger partial charge in [-0.2, -0.15) is 0 Å². The van der Waals surface area contributed by atoms with Crippen molar-refractivity contribution >= 4 is 0 Å². The third-order valence-corrected chi connectivity index (χ3v) is 2.23. The Morgan fingerprint density at radius 3 is 2.64 bits per heavy atom. The molecule has 0 bridgehead atoms. The lowest BCUT2D eigenvalue weighted by Gasteiger charge is -2.34. The second-order valence-corrected chi connectivity index (χ2v) is 3.47. The summed E-state index contributed by atoms with van der Waals surface area (Å²) in [4.78, 5) is 0. The SMILES string of the molecule is CCCCO[C@@H]1OC[C@@H](O)[C@H](O)C1O. The second kappa shape index (κ2) is 5.63. The van der Waals surface area contributed by atoms with Crippen molar-refractivity contribution in [1.82, 2.24) is 0 Å². The minimum atomic E-state index is -1.18. The van der Waals surface area contributed by atoms with Crippen LogP contribution in [0.4, 0.5) is 0 Å². The van der Waals surface area contributed by atoms with Gasteiger partial charge in [0.2, 0.25) is 0 Å². The van der Waals surface area contributed by atoms with Crippen molar-refractivity contribution in [2.45, 2.75) is 44.4 Å². The fourth-order valence-electron chi connectivity index (χ4n) is 1.27. The molecule has 1 fully saturated rings. The molecule has 0 saturated carbocycles. The predicted molar refractivity (Wildman–Crippen MR) is 48.6 cm³/mol. The molecule has 1 aliphatic rings. The van der Waals surface area contributed by atoms with Crippen LogP contribution < -0.4 is 0 Å². The molecule has 1 rings (SSSR count). The maximum absolute atomic E-state index is 9.45. The molecule has 0 radical (unpaired) electrons. The monoisotopic (exact) mass is 206 g/mol. The van der Waals surface area contributed by atoms with Crippen LogP contribution in [0.3, 0.4) is 0 Å². The van der Waals surface area contributed by atoms with Gasteiger partial charge >= 0.3 is 0 Å². The van der Waals surface area contributed by atoms with Crippen molar-refractivity contribution in [3.05, 3.63) is 0 Å². The molecule has 14 heavy (non-hydrogen) atoms. The van der Waals surface area contributed by atoms with E-state index in [2.05, 4.69) is 0 Å². The Morgan fingerprint density at radius 2 is 2.00 bits per heavy atom. The van der Waals surface area contributed by atoms with Crippen LogP contribution in [0, 0.1) is 0 Å². The molecule has 84 valence electrons.